The third-order valence-electron chi connectivity index (χ3n) is 2.24. The van der Waals surface area contributed by atoms with E-state index in [1.54, 1.807) is 6.92 Å². The van der Waals surface area contributed by atoms with Gasteiger partial charge in [-0.1, -0.05) is 0 Å². The van der Waals surface area contributed by atoms with E-state index in [0.29, 0.717) is 13.0 Å². The minimum absolute atomic E-state index is 0.00430. The molecule has 1 aliphatic heterocycles. The Kier molecular flexibility index (Phi) is 4.75. The monoisotopic (exact) mass is 228 g/mol. The molecule has 0 aromatic rings. The minimum Gasteiger partial charge on any atom is -0.466 e. The molecule has 2 amide bonds. The van der Waals surface area contributed by atoms with Crippen molar-refractivity contribution in [3.05, 3.63) is 0 Å². The van der Waals surface area contributed by atoms with Gasteiger partial charge in [0, 0.05) is 19.0 Å². The van der Waals surface area contributed by atoms with Crippen molar-refractivity contribution in [2.75, 3.05) is 13.2 Å². The predicted octanol–water partition coefficient (Wildman–Crippen LogP) is -0.666. The van der Waals surface area contributed by atoms with Gasteiger partial charge in [-0.25, -0.2) is 0 Å². The molecule has 6 nitrogen and oxygen atoms in total. The molecule has 0 spiro atoms. The van der Waals surface area contributed by atoms with E-state index in [9.17, 15) is 14.4 Å². The number of rotatable bonds is 5. The Morgan fingerprint density at radius 3 is 2.88 bits per heavy atom. The second kappa shape index (κ2) is 6.09. The molecule has 0 radical (unpaired) electrons. The van der Waals surface area contributed by atoms with Crippen LogP contribution in [-0.2, 0) is 19.1 Å². The first-order valence-electron chi connectivity index (χ1n) is 5.33. The molecular formula is C10H16N2O4. The highest BCUT2D eigenvalue weighted by atomic mass is 16.5. The molecule has 0 aromatic carbocycles. The quantitative estimate of drug-likeness (QED) is 0.483. The molecule has 6 heteroatoms. The zero-order chi connectivity index (χ0) is 12.0. The van der Waals surface area contributed by atoms with Crippen molar-refractivity contribution >= 4 is 17.8 Å². The van der Waals surface area contributed by atoms with E-state index in [4.69, 9.17) is 0 Å². The highest BCUT2D eigenvalue weighted by Crippen LogP contribution is 2.04. The first-order chi connectivity index (χ1) is 7.61. The highest BCUT2D eigenvalue weighted by Gasteiger charge is 2.21. The summed E-state index contributed by atoms with van der Waals surface area (Å²) in [6.45, 7) is 2.32. The van der Waals surface area contributed by atoms with Crippen LogP contribution in [0.25, 0.3) is 0 Å². The van der Waals surface area contributed by atoms with E-state index < -0.39 is 5.97 Å². The van der Waals surface area contributed by atoms with Gasteiger partial charge < -0.3 is 15.4 Å². The fraction of sp³-hybridized carbons (Fsp3) is 0.700. The van der Waals surface area contributed by atoms with Crippen molar-refractivity contribution in [1.82, 2.24) is 10.6 Å². The van der Waals surface area contributed by atoms with Gasteiger partial charge in [-0.2, -0.15) is 0 Å². The fourth-order valence-electron chi connectivity index (χ4n) is 1.47. The SMILES string of the molecule is CCOC(=O)CC(=O)NCC1CCC(=O)N1. The number of esters is 1. The molecule has 0 saturated carbocycles. The van der Waals surface area contributed by atoms with Gasteiger partial charge >= 0.3 is 5.97 Å². The maximum atomic E-state index is 11.2. The van der Waals surface area contributed by atoms with Crippen molar-refractivity contribution < 1.29 is 19.1 Å². The van der Waals surface area contributed by atoms with E-state index in [1.165, 1.54) is 0 Å². The third-order valence-corrected chi connectivity index (χ3v) is 2.24. The summed E-state index contributed by atoms with van der Waals surface area (Å²) in [4.78, 5) is 33.1. The van der Waals surface area contributed by atoms with Crippen LogP contribution >= 0.6 is 0 Å². The Balaban J connectivity index is 2.15. The van der Waals surface area contributed by atoms with Crippen LogP contribution in [0.5, 0.6) is 0 Å². The molecule has 0 bridgehead atoms. The van der Waals surface area contributed by atoms with Crippen LogP contribution < -0.4 is 10.6 Å². The van der Waals surface area contributed by atoms with Gasteiger partial charge in [0.1, 0.15) is 6.42 Å². The zero-order valence-corrected chi connectivity index (χ0v) is 9.25. The van der Waals surface area contributed by atoms with Crippen LogP contribution in [0, 0.1) is 0 Å². The molecule has 1 fully saturated rings. The summed E-state index contributed by atoms with van der Waals surface area (Å²) in [5.41, 5.74) is 0. The number of nitrogens with one attached hydrogen (secondary N) is 2. The maximum absolute atomic E-state index is 11.2. The van der Waals surface area contributed by atoms with Gasteiger partial charge in [-0.05, 0) is 13.3 Å². The fourth-order valence-corrected chi connectivity index (χ4v) is 1.47. The van der Waals surface area contributed by atoms with Crippen LogP contribution in [-0.4, -0.2) is 37.0 Å². The van der Waals surface area contributed by atoms with Gasteiger partial charge in [0.05, 0.1) is 6.61 Å². The molecule has 2 N–H and O–H groups in total. The van der Waals surface area contributed by atoms with Crippen molar-refractivity contribution in [3.8, 4) is 0 Å². The molecule has 0 aromatic heterocycles. The Labute approximate surface area is 93.7 Å². The lowest BCUT2D eigenvalue weighted by Crippen LogP contribution is -2.39. The third kappa shape index (κ3) is 4.29. The summed E-state index contributed by atoms with van der Waals surface area (Å²) in [5, 5.41) is 5.30. The Bertz CT molecular complexity index is 291. The summed E-state index contributed by atoms with van der Waals surface area (Å²) in [5.74, 6) is -0.903. The largest absolute Gasteiger partial charge is 0.466 e. The first-order valence-corrected chi connectivity index (χ1v) is 5.33. The van der Waals surface area contributed by atoms with E-state index in [1.807, 2.05) is 0 Å². The van der Waals surface area contributed by atoms with Gasteiger partial charge in [-0.3, -0.25) is 14.4 Å². The molecule has 90 valence electrons. The van der Waals surface area contributed by atoms with Crippen LogP contribution in [0.4, 0.5) is 0 Å². The normalized spacial score (nSPS) is 19.1. The highest BCUT2D eigenvalue weighted by molar-refractivity contribution is 5.94. The number of ether oxygens (including phenoxy) is 1. The van der Waals surface area contributed by atoms with Crippen LogP contribution in [0.15, 0.2) is 0 Å². The van der Waals surface area contributed by atoms with Crippen molar-refractivity contribution in [2.45, 2.75) is 32.2 Å². The molecule has 1 atom stereocenters. The number of hydrogen-bond acceptors (Lipinski definition) is 4. The van der Waals surface area contributed by atoms with E-state index in [2.05, 4.69) is 15.4 Å². The molecule has 1 unspecified atom stereocenters. The zero-order valence-electron chi connectivity index (χ0n) is 9.25. The van der Waals surface area contributed by atoms with Gasteiger partial charge in [0.15, 0.2) is 0 Å². The van der Waals surface area contributed by atoms with E-state index >= 15 is 0 Å². The first kappa shape index (κ1) is 12.5. The van der Waals surface area contributed by atoms with Gasteiger partial charge in [0.2, 0.25) is 11.8 Å². The number of amides is 2. The maximum Gasteiger partial charge on any atom is 0.315 e. The summed E-state index contributed by atoms with van der Waals surface area (Å²) >= 11 is 0. The second-order valence-corrected chi connectivity index (χ2v) is 3.59. The summed E-state index contributed by atoms with van der Waals surface area (Å²) in [6.07, 6.45) is 0.950. The van der Waals surface area contributed by atoms with Crippen LogP contribution in [0.1, 0.15) is 26.2 Å². The van der Waals surface area contributed by atoms with Crippen molar-refractivity contribution in [1.29, 1.82) is 0 Å². The summed E-state index contributed by atoms with van der Waals surface area (Å²) in [7, 11) is 0. The lowest BCUT2D eigenvalue weighted by atomic mass is 10.2. The van der Waals surface area contributed by atoms with Gasteiger partial charge in [-0.15, -0.1) is 0 Å². The predicted molar refractivity (Wildman–Crippen MR) is 55.4 cm³/mol. The number of hydrogen-bond donors (Lipinski definition) is 2. The molecule has 1 aliphatic rings. The molecule has 16 heavy (non-hydrogen) atoms. The molecule has 0 aliphatic carbocycles. The summed E-state index contributed by atoms with van der Waals surface area (Å²) in [6, 6.07) is -0.0151. The second-order valence-electron chi connectivity index (χ2n) is 3.59. The lowest BCUT2D eigenvalue weighted by Gasteiger charge is -2.10. The molecule has 1 heterocycles. The van der Waals surface area contributed by atoms with E-state index in [-0.39, 0.29) is 30.9 Å². The lowest BCUT2D eigenvalue weighted by molar-refractivity contribution is -0.146. The Morgan fingerprint density at radius 1 is 1.56 bits per heavy atom. The van der Waals surface area contributed by atoms with Crippen LogP contribution in [0.2, 0.25) is 0 Å². The topological polar surface area (TPSA) is 84.5 Å². The summed E-state index contributed by atoms with van der Waals surface area (Å²) < 4.78 is 4.63. The van der Waals surface area contributed by atoms with Crippen LogP contribution in [0.3, 0.4) is 0 Å². The van der Waals surface area contributed by atoms with E-state index in [0.717, 1.165) is 6.42 Å². The van der Waals surface area contributed by atoms with Crippen molar-refractivity contribution in [2.24, 2.45) is 0 Å². The molecule has 1 saturated heterocycles. The average Bonchev–Trinajstić information content (AvgIpc) is 2.61. The molecule has 1 rings (SSSR count). The molecular weight excluding hydrogens is 212 g/mol. The minimum atomic E-state index is -0.532. The van der Waals surface area contributed by atoms with Crippen molar-refractivity contribution in [3.63, 3.8) is 0 Å². The standard InChI is InChI=1S/C10H16N2O4/c1-2-16-10(15)5-9(14)11-6-7-3-4-8(13)12-7/h7H,2-6H2,1H3,(H,11,14)(H,12,13). The number of carbonyl (C=O) groups excluding carboxylic acids is 3. The average molecular weight is 228 g/mol. The van der Waals surface area contributed by atoms with Gasteiger partial charge in [0.25, 0.3) is 0 Å². The Morgan fingerprint density at radius 2 is 2.31 bits per heavy atom. The Hall–Kier alpha value is -1.59. The number of carbonyl (C=O) groups is 3. The smallest absolute Gasteiger partial charge is 0.315 e.